The molecule has 0 bridgehead atoms. The van der Waals surface area contributed by atoms with E-state index in [-0.39, 0.29) is 12.0 Å². The van der Waals surface area contributed by atoms with Gasteiger partial charge in [-0.15, -0.1) is 0 Å². The highest BCUT2D eigenvalue weighted by Gasteiger charge is 2.17. The van der Waals surface area contributed by atoms with Gasteiger partial charge >= 0.3 is 0 Å². The zero-order valence-electron chi connectivity index (χ0n) is 16.7. The zero-order valence-corrected chi connectivity index (χ0v) is 17.5. The SMILES string of the molecule is CCc1ccc(C(=O)NC(=NC[C@@H]2CCCO2)Nc2cc(Cl)ccc2OC)cc1. The van der Waals surface area contributed by atoms with Gasteiger partial charge in [0.1, 0.15) is 5.75 Å². The van der Waals surface area contributed by atoms with Crippen LogP contribution >= 0.6 is 11.6 Å². The Morgan fingerprint density at radius 3 is 2.72 bits per heavy atom. The lowest BCUT2D eigenvalue weighted by Crippen LogP contribution is -2.36. The van der Waals surface area contributed by atoms with Crippen molar-refractivity contribution >= 4 is 29.2 Å². The van der Waals surface area contributed by atoms with Crippen LogP contribution in [0.5, 0.6) is 5.75 Å². The molecule has 6 nitrogen and oxygen atoms in total. The van der Waals surface area contributed by atoms with Gasteiger partial charge < -0.3 is 14.8 Å². The van der Waals surface area contributed by atoms with Gasteiger partial charge in [-0.25, -0.2) is 4.99 Å². The third kappa shape index (κ3) is 5.95. The van der Waals surface area contributed by atoms with Crippen LogP contribution in [0, 0.1) is 0 Å². The van der Waals surface area contributed by atoms with Crippen LogP contribution in [0.4, 0.5) is 5.69 Å². The Balaban J connectivity index is 1.79. The molecule has 1 amide bonds. The molecule has 2 aromatic carbocycles. The van der Waals surface area contributed by atoms with Crippen LogP contribution < -0.4 is 15.4 Å². The van der Waals surface area contributed by atoms with Crippen molar-refractivity contribution in [2.24, 2.45) is 4.99 Å². The fourth-order valence-electron chi connectivity index (χ4n) is 3.07. The molecular weight excluding hydrogens is 390 g/mol. The largest absolute Gasteiger partial charge is 0.495 e. The molecule has 29 heavy (non-hydrogen) atoms. The predicted molar refractivity (Wildman–Crippen MR) is 116 cm³/mol. The zero-order chi connectivity index (χ0) is 20.6. The van der Waals surface area contributed by atoms with E-state index in [0.29, 0.717) is 34.5 Å². The van der Waals surface area contributed by atoms with Crippen LogP contribution in [-0.2, 0) is 11.2 Å². The van der Waals surface area contributed by atoms with Gasteiger partial charge in [0, 0.05) is 17.2 Å². The van der Waals surface area contributed by atoms with Gasteiger partial charge in [0.15, 0.2) is 0 Å². The molecule has 154 valence electrons. The maximum Gasteiger partial charge on any atom is 0.257 e. The van der Waals surface area contributed by atoms with Crippen LogP contribution in [-0.4, -0.2) is 38.2 Å². The number of ether oxygens (including phenoxy) is 2. The van der Waals surface area contributed by atoms with Gasteiger partial charge in [0.25, 0.3) is 5.91 Å². The average molecular weight is 416 g/mol. The van der Waals surface area contributed by atoms with Crippen molar-refractivity contribution in [1.29, 1.82) is 0 Å². The highest BCUT2D eigenvalue weighted by atomic mass is 35.5. The lowest BCUT2D eigenvalue weighted by Gasteiger charge is -2.15. The first-order valence-corrected chi connectivity index (χ1v) is 10.1. The van der Waals surface area contributed by atoms with E-state index in [0.717, 1.165) is 25.9 Å². The quantitative estimate of drug-likeness (QED) is 0.545. The lowest BCUT2D eigenvalue weighted by atomic mass is 10.1. The van der Waals surface area contributed by atoms with E-state index >= 15 is 0 Å². The number of benzene rings is 2. The number of aliphatic imine (C=N–C) groups is 1. The highest BCUT2D eigenvalue weighted by Crippen LogP contribution is 2.27. The van der Waals surface area contributed by atoms with E-state index in [1.165, 1.54) is 5.56 Å². The molecule has 1 atom stereocenters. The van der Waals surface area contributed by atoms with Crippen LogP contribution in [0.1, 0.15) is 35.7 Å². The first-order valence-electron chi connectivity index (χ1n) is 9.76. The highest BCUT2D eigenvalue weighted by molar-refractivity contribution is 6.31. The number of guanidine groups is 1. The molecule has 1 aliphatic heterocycles. The van der Waals surface area contributed by atoms with E-state index in [4.69, 9.17) is 21.1 Å². The molecule has 0 spiro atoms. The third-order valence-electron chi connectivity index (χ3n) is 4.75. The van der Waals surface area contributed by atoms with Crippen molar-refractivity contribution in [3.05, 3.63) is 58.6 Å². The van der Waals surface area contributed by atoms with Crippen molar-refractivity contribution in [3.63, 3.8) is 0 Å². The van der Waals surface area contributed by atoms with Crippen LogP contribution in [0.2, 0.25) is 5.02 Å². The van der Waals surface area contributed by atoms with Gasteiger partial charge in [-0.05, 0) is 55.2 Å². The van der Waals surface area contributed by atoms with Gasteiger partial charge in [-0.3, -0.25) is 10.1 Å². The minimum absolute atomic E-state index is 0.0637. The molecule has 0 aliphatic carbocycles. The number of amides is 1. The smallest absolute Gasteiger partial charge is 0.257 e. The van der Waals surface area contributed by atoms with Crippen molar-refractivity contribution in [2.45, 2.75) is 32.3 Å². The number of anilines is 1. The first-order chi connectivity index (χ1) is 14.1. The van der Waals surface area contributed by atoms with Gasteiger partial charge in [0.05, 0.1) is 25.4 Å². The lowest BCUT2D eigenvalue weighted by molar-refractivity contribution is 0.0975. The number of aryl methyl sites for hydroxylation is 1. The standard InChI is InChI=1S/C22H26ClN3O3/c1-3-15-6-8-16(9-7-15)21(27)26-22(24-14-18-5-4-12-29-18)25-19-13-17(23)10-11-20(19)28-2/h6-11,13,18H,3-5,12,14H2,1-2H3,(H2,24,25,26,27)/t18-/m0/s1. The Labute approximate surface area is 176 Å². The summed E-state index contributed by atoms with van der Waals surface area (Å²) in [4.78, 5) is 17.3. The molecule has 7 heteroatoms. The second kappa shape index (κ2) is 10.3. The number of halogens is 1. The number of carbonyl (C=O) groups is 1. The minimum atomic E-state index is -0.243. The number of methoxy groups -OCH3 is 1. The van der Waals surface area contributed by atoms with E-state index in [2.05, 4.69) is 22.5 Å². The first kappa shape index (κ1) is 21.1. The molecule has 1 fully saturated rings. The summed E-state index contributed by atoms with van der Waals surface area (Å²) in [5, 5.41) is 6.55. The number of rotatable bonds is 6. The number of nitrogens with zero attached hydrogens (tertiary/aromatic N) is 1. The maximum absolute atomic E-state index is 12.7. The van der Waals surface area contributed by atoms with Crippen LogP contribution in [0.3, 0.4) is 0 Å². The summed E-state index contributed by atoms with van der Waals surface area (Å²) in [7, 11) is 1.57. The maximum atomic E-state index is 12.7. The summed E-state index contributed by atoms with van der Waals surface area (Å²) in [6.45, 7) is 3.29. The normalized spacial score (nSPS) is 16.5. The summed E-state index contributed by atoms with van der Waals surface area (Å²) < 4.78 is 11.0. The van der Waals surface area contributed by atoms with Crippen LogP contribution in [0.15, 0.2) is 47.5 Å². The monoisotopic (exact) mass is 415 g/mol. The van der Waals surface area contributed by atoms with Gasteiger partial charge in [-0.2, -0.15) is 0 Å². The Bertz CT molecular complexity index is 862. The molecule has 1 aliphatic rings. The molecule has 0 radical (unpaired) electrons. The molecule has 1 saturated heterocycles. The number of hydrogen-bond acceptors (Lipinski definition) is 4. The molecular formula is C22H26ClN3O3. The fraction of sp³-hybridized carbons (Fsp3) is 0.364. The Morgan fingerprint density at radius 2 is 2.07 bits per heavy atom. The van der Waals surface area contributed by atoms with Crippen molar-refractivity contribution < 1.29 is 14.3 Å². The summed E-state index contributed by atoms with van der Waals surface area (Å²) in [6, 6.07) is 12.7. The Hall–Kier alpha value is -2.57. The molecule has 2 aromatic rings. The van der Waals surface area contributed by atoms with Crippen molar-refractivity contribution in [2.75, 3.05) is 25.6 Å². The molecule has 2 N–H and O–H groups in total. The Kier molecular flexibility index (Phi) is 7.49. The molecule has 0 saturated carbocycles. The van der Waals surface area contributed by atoms with E-state index in [9.17, 15) is 4.79 Å². The second-order valence-electron chi connectivity index (χ2n) is 6.80. The molecule has 3 rings (SSSR count). The van der Waals surface area contributed by atoms with Crippen molar-refractivity contribution in [1.82, 2.24) is 5.32 Å². The molecule has 0 unspecified atom stereocenters. The number of hydrogen-bond donors (Lipinski definition) is 2. The van der Waals surface area contributed by atoms with Crippen LogP contribution in [0.25, 0.3) is 0 Å². The van der Waals surface area contributed by atoms with Gasteiger partial charge in [-0.1, -0.05) is 30.7 Å². The predicted octanol–water partition coefficient (Wildman–Crippen LogP) is 4.29. The number of nitrogens with one attached hydrogen (secondary N) is 2. The third-order valence-corrected chi connectivity index (χ3v) is 4.98. The molecule has 0 aromatic heterocycles. The second-order valence-corrected chi connectivity index (χ2v) is 7.23. The summed E-state index contributed by atoms with van der Waals surface area (Å²) in [5.74, 6) is 0.679. The van der Waals surface area contributed by atoms with Crippen molar-refractivity contribution in [3.8, 4) is 5.75 Å². The van der Waals surface area contributed by atoms with E-state index in [1.807, 2.05) is 24.3 Å². The summed E-state index contributed by atoms with van der Waals surface area (Å²) in [6.07, 6.45) is 2.98. The average Bonchev–Trinajstić information content (AvgIpc) is 3.26. The fourth-order valence-corrected chi connectivity index (χ4v) is 3.24. The summed E-state index contributed by atoms with van der Waals surface area (Å²) >= 11 is 6.13. The topological polar surface area (TPSA) is 72.0 Å². The Morgan fingerprint density at radius 1 is 1.28 bits per heavy atom. The van der Waals surface area contributed by atoms with Gasteiger partial charge in [0.2, 0.25) is 5.96 Å². The minimum Gasteiger partial charge on any atom is -0.495 e. The van der Waals surface area contributed by atoms with E-state index in [1.54, 1.807) is 25.3 Å². The number of carbonyl (C=O) groups excluding carboxylic acids is 1. The van der Waals surface area contributed by atoms with E-state index < -0.39 is 0 Å². The summed E-state index contributed by atoms with van der Waals surface area (Å²) in [5.41, 5.74) is 2.36. The molecule has 1 heterocycles.